The highest BCUT2D eigenvalue weighted by atomic mass is 16.2. The third-order valence-corrected chi connectivity index (χ3v) is 5.18. The van der Waals surface area contributed by atoms with Gasteiger partial charge in [0.25, 0.3) is 0 Å². The van der Waals surface area contributed by atoms with Gasteiger partial charge >= 0.3 is 6.03 Å². The van der Waals surface area contributed by atoms with Crippen LogP contribution in [0.3, 0.4) is 0 Å². The number of carbonyl (C=O) groups is 2. The molecule has 7 heteroatoms. The number of likely N-dealkylation sites (tertiary alicyclic amines) is 2. The maximum Gasteiger partial charge on any atom is 0.319 e. The fourth-order valence-electron chi connectivity index (χ4n) is 3.94. The molecule has 1 aliphatic carbocycles. The minimum atomic E-state index is -0.258. The zero-order chi connectivity index (χ0) is 17.3. The maximum absolute atomic E-state index is 12.3. The van der Waals surface area contributed by atoms with Crippen LogP contribution in [0.1, 0.15) is 19.3 Å². The van der Waals surface area contributed by atoms with Crippen molar-refractivity contribution in [2.24, 2.45) is 5.92 Å². The van der Waals surface area contributed by atoms with Crippen molar-refractivity contribution >= 4 is 11.9 Å². The molecule has 0 saturated carbocycles. The summed E-state index contributed by atoms with van der Waals surface area (Å²) in [7, 11) is 3.54. The van der Waals surface area contributed by atoms with Gasteiger partial charge in [-0.15, -0.1) is 0 Å². The number of hydrogen-bond acceptors (Lipinski definition) is 4. The van der Waals surface area contributed by atoms with Gasteiger partial charge in [-0.05, 0) is 24.8 Å². The molecule has 2 fully saturated rings. The van der Waals surface area contributed by atoms with Crippen LogP contribution in [0.5, 0.6) is 0 Å². The van der Waals surface area contributed by atoms with E-state index < -0.39 is 0 Å². The van der Waals surface area contributed by atoms with Crippen LogP contribution in [-0.4, -0.2) is 79.0 Å². The Balaban J connectivity index is 1.49. The molecule has 7 nitrogen and oxygen atoms in total. The number of carbonyl (C=O) groups excluding carboxylic acids is 2. The summed E-state index contributed by atoms with van der Waals surface area (Å²) < 4.78 is 0. The monoisotopic (exact) mass is 331 g/mol. The van der Waals surface area contributed by atoms with E-state index in [0.29, 0.717) is 19.0 Å². The first-order chi connectivity index (χ1) is 11.5. The number of rotatable bonds is 3. The molecule has 2 aliphatic heterocycles. The number of nitriles is 1. The molecule has 3 rings (SSSR count). The topological polar surface area (TPSA) is 79.7 Å². The highest BCUT2D eigenvalue weighted by Crippen LogP contribution is 2.33. The Labute approximate surface area is 142 Å². The van der Waals surface area contributed by atoms with Gasteiger partial charge in [0.2, 0.25) is 5.91 Å². The Morgan fingerprint density at radius 1 is 1.46 bits per heavy atom. The van der Waals surface area contributed by atoms with Gasteiger partial charge in [-0.3, -0.25) is 4.79 Å². The lowest BCUT2D eigenvalue weighted by atomic mass is 10.1. The van der Waals surface area contributed by atoms with Gasteiger partial charge in [0.05, 0.1) is 12.6 Å². The van der Waals surface area contributed by atoms with Crippen molar-refractivity contribution in [1.82, 2.24) is 20.0 Å². The van der Waals surface area contributed by atoms with Crippen LogP contribution in [0, 0.1) is 17.2 Å². The standard InChI is InChI=1S/C17H25N5O2/c1-20(2)17(24)21-10-12-6-14(7-13(12)11-21)19-9-16(23)22-5-3-4-15(22)8-18/h6,13-15,19H,3-5,7,9-11H2,1-2H3. The minimum absolute atomic E-state index is 0.0129. The second-order valence-corrected chi connectivity index (χ2v) is 7.09. The van der Waals surface area contributed by atoms with E-state index in [9.17, 15) is 9.59 Å². The van der Waals surface area contributed by atoms with Gasteiger partial charge in [0, 0.05) is 45.7 Å². The second kappa shape index (κ2) is 6.81. The van der Waals surface area contributed by atoms with Gasteiger partial charge in [-0.1, -0.05) is 6.08 Å². The summed E-state index contributed by atoms with van der Waals surface area (Å²) in [6.45, 7) is 2.42. The first-order valence-corrected chi connectivity index (χ1v) is 8.59. The van der Waals surface area contributed by atoms with Crippen molar-refractivity contribution in [3.05, 3.63) is 11.6 Å². The molecule has 3 atom stereocenters. The molecule has 0 aromatic heterocycles. The molecule has 0 spiro atoms. The smallest absolute Gasteiger partial charge is 0.319 e. The van der Waals surface area contributed by atoms with Crippen LogP contribution in [0.4, 0.5) is 4.79 Å². The lowest BCUT2D eigenvalue weighted by Crippen LogP contribution is -2.43. The molecule has 130 valence electrons. The van der Waals surface area contributed by atoms with E-state index in [4.69, 9.17) is 5.26 Å². The van der Waals surface area contributed by atoms with Crippen LogP contribution < -0.4 is 5.32 Å². The zero-order valence-electron chi connectivity index (χ0n) is 14.4. The van der Waals surface area contributed by atoms with E-state index in [0.717, 1.165) is 25.8 Å². The average Bonchev–Trinajstić information content (AvgIpc) is 3.25. The molecule has 0 radical (unpaired) electrons. The Morgan fingerprint density at radius 2 is 2.25 bits per heavy atom. The first kappa shape index (κ1) is 16.8. The van der Waals surface area contributed by atoms with E-state index in [2.05, 4.69) is 17.5 Å². The number of amides is 3. The van der Waals surface area contributed by atoms with Crippen molar-refractivity contribution in [3.8, 4) is 6.07 Å². The highest BCUT2D eigenvalue weighted by Gasteiger charge is 2.37. The summed E-state index contributed by atoms with van der Waals surface area (Å²) in [6, 6.07) is 2.19. The molecule has 3 amide bonds. The molecule has 0 aromatic rings. The average molecular weight is 331 g/mol. The van der Waals surface area contributed by atoms with Gasteiger partial charge in [-0.25, -0.2) is 4.79 Å². The molecule has 0 bridgehead atoms. The van der Waals surface area contributed by atoms with Crippen LogP contribution in [0.15, 0.2) is 11.6 Å². The lowest BCUT2D eigenvalue weighted by Gasteiger charge is -2.23. The minimum Gasteiger partial charge on any atom is -0.331 e. The fourth-order valence-corrected chi connectivity index (χ4v) is 3.94. The van der Waals surface area contributed by atoms with Gasteiger partial charge in [0.1, 0.15) is 6.04 Å². The molecule has 2 saturated heterocycles. The Kier molecular flexibility index (Phi) is 4.76. The number of nitrogens with one attached hydrogen (secondary N) is 1. The van der Waals surface area contributed by atoms with Crippen molar-refractivity contribution in [2.45, 2.75) is 31.3 Å². The van der Waals surface area contributed by atoms with Gasteiger partial charge in [-0.2, -0.15) is 5.26 Å². The molecule has 1 N–H and O–H groups in total. The third kappa shape index (κ3) is 3.24. The van der Waals surface area contributed by atoms with Crippen molar-refractivity contribution in [3.63, 3.8) is 0 Å². The Bertz CT molecular complexity index is 594. The molecule has 24 heavy (non-hydrogen) atoms. The van der Waals surface area contributed by atoms with E-state index in [1.165, 1.54) is 5.57 Å². The summed E-state index contributed by atoms with van der Waals surface area (Å²) in [5.74, 6) is 0.416. The molecule has 3 aliphatic rings. The summed E-state index contributed by atoms with van der Waals surface area (Å²) >= 11 is 0. The summed E-state index contributed by atoms with van der Waals surface area (Å²) in [6.07, 6.45) is 4.80. The normalized spacial score (nSPS) is 28.5. The number of hydrogen-bond donors (Lipinski definition) is 1. The van der Waals surface area contributed by atoms with Crippen LogP contribution in [0.2, 0.25) is 0 Å². The zero-order valence-corrected chi connectivity index (χ0v) is 14.4. The van der Waals surface area contributed by atoms with Crippen molar-refractivity contribution in [1.29, 1.82) is 5.26 Å². The van der Waals surface area contributed by atoms with Gasteiger partial charge in [0.15, 0.2) is 0 Å². The van der Waals surface area contributed by atoms with E-state index in [1.807, 2.05) is 4.90 Å². The predicted octanol–water partition coefficient (Wildman–Crippen LogP) is 0.403. The Morgan fingerprint density at radius 3 is 2.92 bits per heavy atom. The Hall–Kier alpha value is -2.07. The van der Waals surface area contributed by atoms with E-state index >= 15 is 0 Å². The number of fused-ring (bicyclic) bond motifs is 1. The number of urea groups is 1. The van der Waals surface area contributed by atoms with Crippen LogP contribution >= 0.6 is 0 Å². The SMILES string of the molecule is CN(C)C(=O)N1CC2=CC(NCC(=O)N3CCCC3C#N)CC2C1. The van der Waals surface area contributed by atoms with Crippen molar-refractivity contribution < 1.29 is 9.59 Å². The number of nitrogens with zero attached hydrogens (tertiary/aromatic N) is 4. The van der Waals surface area contributed by atoms with Crippen LogP contribution in [-0.2, 0) is 4.79 Å². The van der Waals surface area contributed by atoms with E-state index in [-0.39, 0.29) is 30.6 Å². The molecular weight excluding hydrogens is 306 g/mol. The third-order valence-electron chi connectivity index (χ3n) is 5.18. The summed E-state index contributed by atoms with van der Waals surface area (Å²) in [5, 5.41) is 12.4. The largest absolute Gasteiger partial charge is 0.331 e. The molecular formula is C17H25N5O2. The summed E-state index contributed by atoms with van der Waals surface area (Å²) in [4.78, 5) is 29.5. The predicted molar refractivity (Wildman–Crippen MR) is 89.0 cm³/mol. The molecule has 2 heterocycles. The van der Waals surface area contributed by atoms with E-state index in [1.54, 1.807) is 23.9 Å². The maximum atomic E-state index is 12.3. The molecule has 3 unspecified atom stereocenters. The quantitative estimate of drug-likeness (QED) is 0.759. The second-order valence-electron chi connectivity index (χ2n) is 7.09. The fraction of sp³-hybridized carbons (Fsp3) is 0.706. The highest BCUT2D eigenvalue weighted by molar-refractivity contribution is 5.79. The van der Waals surface area contributed by atoms with Gasteiger partial charge < -0.3 is 20.0 Å². The van der Waals surface area contributed by atoms with Crippen molar-refractivity contribution in [2.75, 3.05) is 40.3 Å². The first-order valence-electron chi connectivity index (χ1n) is 8.59. The summed E-state index contributed by atoms with van der Waals surface area (Å²) in [5.41, 5.74) is 1.30. The lowest BCUT2D eigenvalue weighted by molar-refractivity contribution is -0.130. The van der Waals surface area contributed by atoms with Crippen LogP contribution in [0.25, 0.3) is 0 Å². The molecule has 0 aromatic carbocycles.